The number of hydrogen-bond acceptors (Lipinski definition) is 4. The summed E-state index contributed by atoms with van der Waals surface area (Å²) in [7, 11) is 0. The van der Waals surface area contributed by atoms with E-state index in [4.69, 9.17) is 0 Å². The van der Waals surface area contributed by atoms with Crippen molar-refractivity contribution in [1.82, 2.24) is 10.2 Å². The minimum absolute atomic E-state index is 0.0275. The second-order valence-electron chi connectivity index (χ2n) is 4.35. The van der Waals surface area contributed by atoms with Crippen LogP contribution in [-0.2, 0) is 4.79 Å². The summed E-state index contributed by atoms with van der Waals surface area (Å²) in [6.07, 6.45) is 0. The molecular formula is C12H13N3O4. The number of benzene rings is 1. The second kappa shape index (κ2) is 5.05. The molecule has 7 nitrogen and oxygen atoms in total. The van der Waals surface area contributed by atoms with E-state index in [1.54, 1.807) is 13.0 Å². The lowest BCUT2D eigenvalue weighted by Crippen LogP contribution is -2.50. The number of nitro benzene ring substituents is 1. The van der Waals surface area contributed by atoms with Gasteiger partial charge < -0.3 is 10.2 Å². The van der Waals surface area contributed by atoms with Gasteiger partial charge in [0.2, 0.25) is 5.91 Å². The van der Waals surface area contributed by atoms with Gasteiger partial charge in [-0.25, -0.2) is 0 Å². The van der Waals surface area contributed by atoms with Crippen molar-refractivity contribution in [3.63, 3.8) is 0 Å². The third-order valence-electron chi connectivity index (χ3n) is 2.90. The number of aryl methyl sites for hydroxylation is 1. The second-order valence-corrected chi connectivity index (χ2v) is 4.35. The Hall–Kier alpha value is -2.44. The van der Waals surface area contributed by atoms with Gasteiger partial charge in [0, 0.05) is 19.2 Å². The number of hydrogen-bond donors (Lipinski definition) is 1. The number of nitro groups is 1. The van der Waals surface area contributed by atoms with E-state index in [1.807, 2.05) is 0 Å². The topological polar surface area (TPSA) is 92.6 Å². The van der Waals surface area contributed by atoms with Crippen molar-refractivity contribution in [3.8, 4) is 0 Å². The molecule has 0 aliphatic carbocycles. The highest BCUT2D eigenvalue weighted by Gasteiger charge is 2.27. The van der Waals surface area contributed by atoms with Crippen LogP contribution in [0.15, 0.2) is 18.2 Å². The monoisotopic (exact) mass is 263 g/mol. The molecule has 2 amide bonds. The molecule has 1 fully saturated rings. The predicted molar refractivity (Wildman–Crippen MR) is 66.7 cm³/mol. The van der Waals surface area contributed by atoms with Crippen molar-refractivity contribution in [2.45, 2.75) is 6.92 Å². The van der Waals surface area contributed by atoms with Gasteiger partial charge in [0.25, 0.3) is 11.6 Å². The molecule has 1 heterocycles. The van der Waals surface area contributed by atoms with Crippen LogP contribution in [-0.4, -0.2) is 41.3 Å². The van der Waals surface area contributed by atoms with Crippen LogP contribution >= 0.6 is 0 Å². The zero-order valence-corrected chi connectivity index (χ0v) is 10.4. The maximum atomic E-state index is 12.3. The number of carbonyl (C=O) groups is 2. The number of rotatable bonds is 2. The number of nitrogens with zero attached hydrogens (tertiary/aromatic N) is 2. The number of amides is 2. The molecule has 0 atom stereocenters. The number of piperazine rings is 1. The normalized spacial score (nSPS) is 15.0. The quantitative estimate of drug-likeness (QED) is 0.620. The molecule has 0 saturated carbocycles. The third kappa shape index (κ3) is 2.70. The van der Waals surface area contributed by atoms with E-state index in [0.29, 0.717) is 13.1 Å². The first kappa shape index (κ1) is 13.0. The standard InChI is InChI=1S/C12H13N3O4/c1-8-2-3-10(15(18)19)9(6-8)12(17)14-5-4-13-11(16)7-14/h2-3,6H,4-5,7H2,1H3,(H,13,16). The van der Waals surface area contributed by atoms with E-state index < -0.39 is 10.8 Å². The van der Waals surface area contributed by atoms with Crippen LogP contribution in [0.3, 0.4) is 0 Å². The summed E-state index contributed by atoms with van der Waals surface area (Å²) in [6, 6.07) is 4.37. The smallest absolute Gasteiger partial charge is 0.282 e. The fourth-order valence-corrected chi connectivity index (χ4v) is 1.96. The number of nitrogens with one attached hydrogen (secondary N) is 1. The lowest BCUT2D eigenvalue weighted by molar-refractivity contribution is -0.385. The van der Waals surface area contributed by atoms with Gasteiger partial charge in [-0.05, 0) is 18.6 Å². The lowest BCUT2D eigenvalue weighted by atomic mass is 10.1. The fourth-order valence-electron chi connectivity index (χ4n) is 1.96. The highest BCUT2D eigenvalue weighted by atomic mass is 16.6. The Kier molecular flexibility index (Phi) is 3.46. The zero-order chi connectivity index (χ0) is 14.0. The van der Waals surface area contributed by atoms with Crippen LogP contribution in [0.1, 0.15) is 15.9 Å². The maximum Gasteiger partial charge on any atom is 0.282 e. The van der Waals surface area contributed by atoms with Crippen molar-refractivity contribution in [2.75, 3.05) is 19.6 Å². The van der Waals surface area contributed by atoms with Gasteiger partial charge in [-0.15, -0.1) is 0 Å². The van der Waals surface area contributed by atoms with Crippen LogP contribution < -0.4 is 5.32 Å². The lowest BCUT2D eigenvalue weighted by Gasteiger charge is -2.26. The van der Waals surface area contributed by atoms with Crippen LogP contribution in [0.5, 0.6) is 0 Å². The first-order chi connectivity index (χ1) is 8.99. The van der Waals surface area contributed by atoms with Crippen molar-refractivity contribution in [2.24, 2.45) is 0 Å². The van der Waals surface area contributed by atoms with Crippen molar-refractivity contribution < 1.29 is 14.5 Å². The van der Waals surface area contributed by atoms with Crippen molar-refractivity contribution >= 4 is 17.5 Å². The molecule has 1 aromatic rings. The molecule has 7 heteroatoms. The first-order valence-corrected chi connectivity index (χ1v) is 5.80. The third-order valence-corrected chi connectivity index (χ3v) is 2.90. The Morgan fingerprint density at radius 3 is 2.84 bits per heavy atom. The Morgan fingerprint density at radius 2 is 2.21 bits per heavy atom. The van der Waals surface area contributed by atoms with Gasteiger partial charge in [-0.1, -0.05) is 6.07 Å². The molecule has 100 valence electrons. The van der Waals surface area contributed by atoms with Crippen molar-refractivity contribution in [1.29, 1.82) is 0 Å². The Labute approximate surface area is 109 Å². The summed E-state index contributed by atoms with van der Waals surface area (Å²) >= 11 is 0. The van der Waals surface area contributed by atoms with Crippen molar-refractivity contribution in [3.05, 3.63) is 39.4 Å². The summed E-state index contributed by atoms with van der Waals surface area (Å²) < 4.78 is 0. The van der Waals surface area contributed by atoms with E-state index in [9.17, 15) is 19.7 Å². The van der Waals surface area contributed by atoms with Crippen LogP contribution in [0, 0.1) is 17.0 Å². The van der Waals surface area contributed by atoms with Crippen LogP contribution in [0.25, 0.3) is 0 Å². The summed E-state index contributed by atoms with van der Waals surface area (Å²) in [5, 5.41) is 13.5. The van der Waals surface area contributed by atoms with E-state index in [2.05, 4.69) is 5.32 Å². The molecular weight excluding hydrogens is 250 g/mol. The molecule has 1 aromatic carbocycles. The Bertz CT molecular complexity index is 556. The predicted octanol–water partition coefficient (Wildman–Crippen LogP) is 0.475. The molecule has 1 N–H and O–H groups in total. The average molecular weight is 263 g/mol. The molecule has 0 spiro atoms. The molecule has 0 bridgehead atoms. The molecule has 0 radical (unpaired) electrons. The van der Waals surface area contributed by atoms with E-state index in [-0.39, 0.29) is 23.7 Å². The Morgan fingerprint density at radius 1 is 1.47 bits per heavy atom. The maximum absolute atomic E-state index is 12.3. The molecule has 0 aromatic heterocycles. The van der Waals surface area contributed by atoms with E-state index in [0.717, 1.165) is 5.56 Å². The minimum Gasteiger partial charge on any atom is -0.353 e. The first-order valence-electron chi connectivity index (χ1n) is 5.80. The van der Waals surface area contributed by atoms with Crippen LogP contribution in [0.4, 0.5) is 5.69 Å². The average Bonchev–Trinajstić information content (AvgIpc) is 2.37. The van der Waals surface area contributed by atoms with Gasteiger partial charge in [0.1, 0.15) is 5.56 Å². The van der Waals surface area contributed by atoms with Gasteiger partial charge in [-0.3, -0.25) is 19.7 Å². The summed E-state index contributed by atoms with van der Waals surface area (Å²) in [5.41, 5.74) is 0.552. The number of carbonyl (C=O) groups excluding carboxylic acids is 2. The molecule has 2 rings (SSSR count). The molecule has 1 saturated heterocycles. The summed E-state index contributed by atoms with van der Waals surface area (Å²) in [5.74, 6) is -0.736. The molecule has 19 heavy (non-hydrogen) atoms. The zero-order valence-electron chi connectivity index (χ0n) is 10.4. The van der Waals surface area contributed by atoms with Gasteiger partial charge in [0.05, 0.1) is 11.5 Å². The highest BCUT2D eigenvalue weighted by molar-refractivity contribution is 6.00. The van der Waals surface area contributed by atoms with Gasteiger partial charge in [0.15, 0.2) is 0 Å². The minimum atomic E-state index is -0.587. The van der Waals surface area contributed by atoms with Crippen LogP contribution in [0.2, 0.25) is 0 Å². The SMILES string of the molecule is Cc1ccc([N+](=O)[O-])c(C(=O)N2CCNC(=O)C2)c1. The Balaban J connectivity index is 2.34. The fraction of sp³-hybridized carbons (Fsp3) is 0.333. The van der Waals surface area contributed by atoms with Gasteiger partial charge >= 0.3 is 0 Å². The van der Waals surface area contributed by atoms with Gasteiger partial charge in [-0.2, -0.15) is 0 Å². The molecule has 1 aliphatic rings. The molecule has 1 aliphatic heterocycles. The largest absolute Gasteiger partial charge is 0.353 e. The highest BCUT2D eigenvalue weighted by Crippen LogP contribution is 2.21. The summed E-state index contributed by atoms with van der Waals surface area (Å²) in [6.45, 7) is 2.41. The summed E-state index contributed by atoms with van der Waals surface area (Å²) in [4.78, 5) is 35.2. The van der Waals surface area contributed by atoms with E-state index in [1.165, 1.54) is 17.0 Å². The van der Waals surface area contributed by atoms with E-state index >= 15 is 0 Å². The molecule has 0 unspecified atom stereocenters.